The summed E-state index contributed by atoms with van der Waals surface area (Å²) in [5.74, 6) is -0.378. The number of aromatic hydroxyl groups is 1. The highest BCUT2D eigenvalue weighted by atomic mass is 127. The van der Waals surface area contributed by atoms with Crippen LogP contribution in [-0.4, -0.2) is 39.3 Å². The number of anilines is 1. The van der Waals surface area contributed by atoms with E-state index in [0.29, 0.717) is 11.3 Å². The second kappa shape index (κ2) is 10.5. The maximum absolute atomic E-state index is 13.2. The molecular formula is C22H20IN3O5S. The lowest BCUT2D eigenvalue weighted by molar-refractivity contribution is -0.119. The minimum absolute atomic E-state index is 0.0204. The molecule has 0 saturated carbocycles. The molecule has 0 atom stereocenters. The number of rotatable bonds is 8. The first kappa shape index (κ1) is 23.5. The molecule has 0 spiro atoms. The van der Waals surface area contributed by atoms with Crippen LogP contribution in [-0.2, 0) is 14.8 Å². The molecule has 0 fully saturated rings. The number of hydrazone groups is 1. The smallest absolute Gasteiger partial charge is 0.264 e. The Kier molecular flexibility index (Phi) is 7.70. The van der Waals surface area contributed by atoms with Crippen molar-refractivity contribution < 1.29 is 23.1 Å². The van der Waals surface area contributed by atoms with Gasteiger partial charge in [0, 0.05) is 3.57 Å². The molecule has 0 aliphatic heterocycles. The van der Waals surface area contributed by atoms with E-state index in [1.165, 1.54) is 31.5 Å². The molecule has 0 radical (unpaired) electrons. The van der Waals surface area contributed by atoms with Gasteiger partial charge >= 0.3 is 0 Å². The van der Waals surface area contributed by atoms with Crippen LogP contribution in [0.15, 0.2) is 82.8 Å². The van der Waals surface area contributed by atoms with Crippen molar-refractivity contribution in [3.8, 4) is 11.5 Å². The first-order chi connectivity index (χ1) is 15.3. The molecule has 3 aromatic carbocycles. The van der Waals surface area contributed by atoms with Crippen molar-refractivity contribution >= 4 is 50.4 Å². The van der Waals surface area contributed by atoms with E-state index in [9.17, 15) is 18.3 Å². The highest BCUT2D eigenvalue weighted by Crippen LogP contribution is 2.26. The van der Waals surface area contributed by atoms with E-state index >= 15 is 0 Å². The molecule has 0 saturated heterocycles. The van der Waals surface area contributed by atoms with E-state index in [1.54, 1.807) is 54.6 Å². The Morgan fingerprint density at radius 2 is 1.81 bits per heavy atom. The second-order valence-electron chi connectivity index (χ2n) is 6.53. The van der Waals surface area contributed by atoms with E-state index in [4.69, 9.17) is 4.74 Å². The largest absolute Gasteiger partial charge is 0.504 e. The summed E-state index contributed by atoms with van der Waals surface area (Å²) >= 11 is 2.12. The summed E-state index contributed by atoms with van der Waals surface area (Å²) in [6.45, 7) is -0.464. The van der Waals surface area contributed by atoms with Gasteiger partial charge in [-0.15, -0.1) is 0 Å². The van der Waals surface area contributed by atoms with Gasteiger partial charge in [-0.3, -0.25) is 9.10 Å². The average Bonchev–Trinajstić information content (AvgIpc) is 2.80. The van der Waals surface area contributed by atoms with Gasteiger partial charge in [0.2, 0.25) is 0 Å². The van der Waals surface area contributed by atoms with Gasteiger partial charge in [-0.05, 0) is 82.8 Å². The predicted molar refractivity (Wildman–Crippen MR) is 131 cm³/mol. The summed E-state index contributed by atoms with van der Waals surface area (Å²) in [7, 11) is -2.56. The molecule has 1 amide bonds. The summed E-state index contributed by atoms with van der Waals surface area (Å²) in [5, 5.41) is 13.5. The van der Waals surface area contributed by atoms with Crippen molar-refractivity contribution in [3.05, 3.63) is 81.9 Å². The lowest BCUT2D eigenvalue weighted by atomic mass is 10.2. The molecule has 0 aromatic heterocycles. The summed E-state index contributed by atoms with van der Waals surface area (Å²) in [4.78, 5) is 12.6. The van der Waals surface area contributed by atoms with Crippen molar-refractivity contribution in [2.75, 3.05) is 18.0 Å². The summed E-state index contributed by atoms with van der Waals surface area (Å²) < 4.78 is 33.4. The van der Waals surface area contributed by atoms with Crippen LogP contribution < -0.4 is 14.5 Å². The lowest BCUT2D eigenvalue weighted by Gasteiger charge is -2.23. The fourth-order valence-electron chi connectivity index (χ4n) is 2.76. The zero-order valence-electron chi connectivity index (χ0n) is 17.0. The molecule has 0 aliphatic carbocycles. The number of carbonyl (C=O) groups excluding carboxylic acids is 1. The third-order valence-electron chi connectivity index (χ3n) is 4.34. The normalized spacial score (nSPS) is 11.3. The van der Waals surface area contributed by atoms with Crippen molar-refractivity contribution in [3.63, 3.8) is 0 Å². The maximum Gasteiger partial charge on any atom is 0.264 e. The Hall–Kier alpha value is -3.12. The molecule has 0 bridgehead atoms. The molecule has 3 rings (SSSR count). The predicted octanol–water partition coefficient (Wildman–Crippen LogP) is 3.35. The van der Waals surface area contributed by atoms with Crippen LogP contribution in [0.3, 0.4) is 0 Å². The number of hydrogen-bond donors (Lipinski definition) is 2. The van der Waals surface area contributed by atoms with Gasteiger partial charge in [0.1, 0.15) is 6.54 Å². The van der Waals surface area contributed by atoms with Crippen molar-refractivity contribution in [2.24, 2.45) is 5.10 Å². The number of sulfonamides is 1. The topological polar surface area (TPSA) is 108 Å². The van der Waals surface area contributed by atoms with Crippen molar-refractivity contribution in [1.29, 1.82) is 0 Å². The fraction of sp³-hybridized carbons (Fsp3) is 0.0909. The molecular weight excluding hydrogens is 545 g/mol. The van der Waals surface area contributed by atoms with Gasteiger partial charge in [0.15, 0.2) is 11.5 Å². The van der Waals surface area contributed by atoms with Gasteiger partial charge in [0.25, 0.3) is 15.9 Å². The minimum Gasteiger partial charge on any atom is -0.504 e. The standard InChI is InChI=1S/C22H20IN3O5S/c1-31-21-13-16(7-12-20(21)27)14-24-25-22(28)15-26(18-10-8-17(23)9-11-18)32(29,30)19-5-3-2-4-6-19/h2-14,27H,15H2,1H3,(H,25,28)/b24-14-. The van der Waals surface area contributed by atoms with Crippen LogP contribution in [0.1, 0.15) is 5.56 Å². The second-order valence-corrected chi connectivity index (χ2v) is 9.63. The Labute approximate surface area is 199 Å². The van der Waals surface area contributed by atoms with Crippen LogP contribution in [0, 0.1) is 3.57 Å². The lowest BCUT2D eigenvalue weighted by Crippen LogP contribution is -2.39. The van der Waals surface area contributed by atoms with Crippen LogP contribution >= 0.6 is 22.6 Å². The van der Waals surface area contributed by atoms with E-state index in [0.717, 1.165) is 7.88 Å². The molecule has 2 N–H and O–H groups in total. The molecule has 0 heterocycles. The number of nitrogens with zero attached hydrogens (tertiary/aromatic N) is 2. The SMILES string of the molecule is COc1cc(/C=N\NC(=O)CN(c2ccc(I)cc2)S(=O)(=O)c2ccccc2)ccc1O. The van der Waals surface area contributed by atoms with Crippen LogP contribution in [0.2, 0.25) is 0 Å². The zero-order valence-corrected chi connectivity index (χ0v) is 19.9. The van der Waals surface area contributed by atoms with Crippen LogP contribution in [0.4, 0.5) is 5.69 Å². The average molecular weight is 565 g/mol. The monoisotopic (exact) mass is 565 g/mol. The third-order valence-corrected chi connectivity index (χ3v) is 6.85. The first-order valence-corrected chi connectivity index (χ1v) is 11.9. The molecule has 0 unspecified atom stereocenters. The van der Waals surface area contributed by atoms with E-state index in [1.807, 2.05) is 0 Å². The summed E-state index contributed by atoms with van der Waals surface area (Å²) in [6, 6.07) is 19.3. The van der Waals surface area contributed by atoms with Gasteiger partial charge in [-0.25, -0.2) is 13.8 Å². The number of phenolic OH excluding ortho intramolecular Hbond substituents is 1. The zero-order chi connectivity index (χ0) is 23.1. The number of benzene rings is 3. The number of halogens is 1. The molecule has 10 heteroatoms. The first-order valence-electron chi connectivity index (χ1n) is 9.33. The quantitative estimate of drug-likeness (QED) is 0.248. The molecule has 0 aliphatic rings. The number of nitrogens with one attached hydrogen (secondary N) is 1. The third kappa shape index (κ3) is 5.77. The van der Waals surface area contributed by atoms with Crippen molar-refractivity contribution in [1.82, 2.24) is 5.43 Å². The minimum atomic E-state index is -3.98. The summed E-state index contributed by atoms with van der Waals surface area (Å²) in [6.07, 6.45) is 1.36. The highest BCUT2D eigenvalue weighted by molar-refractivity contribution is 14.1. The molecule has 166 valence electrons. The van der Waals surface area contributed by atoms with Crippen LogP contribution in [0.5, 0.6) is 11.5 Å². The molecule has 8 nitrogen and oxygen atoms in total. The van der Waals surface area contributed by atoms with E-state index in [2.05, 4.69) is 33.1 Å². The number of carbonyl (C=O) groups is 1. The van der Waals surface area contributed by atoms with Crippen molar-refractivity contribution in [2.45, 2.75) is 4.90 Å². The Bertz CT molecular complexity index is 1220. The number of phenols is 1. The molecule has 3 aromatic rings. The number of methoxy groups -OCH3 is 1. The van der Waals surface area contributed by atoms with Gasteiger partial charge < -0.3 is 9.84 Å². The van der Waals surface area contributed by atoms with Crippen LogP contribution in [0.25, 0.3) is 0 Å². The van der Waals surface area contributed by atoms with Gasteiger partial charge in [-0.2, -0.15) is 5.10 Å². The Morgan fingerprint density at radius 1 is 1.12 bits per heavy atom. The van der Waals surface area contributed by atoms with E-state index < -0.39 is 22.5 Å². The highest BCUT2D eigenvalue weighted by Gasteiger charge is 2.27. The Balaban J connectivity index is 1.80. The van der Waals surface area contributed by atoms with Gasteiger partial charge in [-0.1, -0.05) is 18.2 Å². The number of ether oxygens (including phenoxy) is 1. The molecule has 32 heavy (non-hydrogen) atoms. The Morgan fingerprint density at radius 3 is 2.47 bits per heavy atom. The fourth-order valence-corrected chi connectivity index (χ4v) is 4.56. The van der Waals surface area contributed by atoms with E-state index in [-0.39, 0.29) is 16.4 Å². The van der Waals surface area contributed by atoms with Gasteiger partial charge in [0.05, 0.1) is 23.9 Å². The maximum atomic E-state index is 13.2. The number of hydrogen-bond acceptors (Lipinski definition) is 6. The number of amides is 1. The summed E-state index contributed by atoms with van der Waals surface area (Å²) in [5.41, 5.74) is 3.27.